The first kappa shape index (κ1) is 16.0. The van der Waals surface area contributed by atoms with E-state index in [4.69, 9.17) is 0 Å². The molecule has 0 saturated carbocycles. The highest BCUT2D eigenvalue weighted by molar-refractivity contribution is 6.04. The van der Waals surface area contributed by atoms with Crippen LogP contribution >= 0.6 is 0 Å². The van der Waals surface area contributed by atoms with E-state index in [9.17, 15) is 9.18 Å². The van der Waals surface area contributed by atoms with E-state index >= 15 is 0 Å². The second-order valence-corrected chi connectivity index (χ2v) is 5.94. The maximum absolute atomic E-state index is 12.9. The second kappa shape index (κ2) is 6.40. The first-order chi connectivity index (χ1) is 12.6. The number of anilines is 1. The number of carbonyl (C=O) groups is 1. The van der Waals surface area contributed by atoms with Crippen molar-refractivity contribution < 1.29 is 9.18 Å². The molecule has 26 heavy (non-hydrogen) atoms. The number of carbonyl (C=O) groups excluding carboxylic acids is 1. The van der Waals surface area contributed by atoms with Gasteiger partial charge in [0.1, 0.15) is 5.82 Å². The largest absolute Gasteiger partial charge is 0.322 e. The maximum Gasteiger partial charge on any atom is 0.255 e. The Morgan fingerprint density at radius 2 is 1.73 bits per heavy atom. The molecule has 2 aromatic carbocycles. The Hall–Kier alpha value is -3.54. The van der Waals surface area contributed by atoms with E-state index < -0.39 is 0 Å². The minimum absolute atomic E-state index is 0.287. The van der Waals surface area contributed by atoms with Crippen LogP contribution < -0.4 is 5.32 Å². The van der Waals surface area contributed by atoms with Crippen molar-refractivity contribution in [3.05, 3.63) is 84.1 Å². The third kappa shape index (κ3) is 3.17. The van der Waals surface area contributed by atoms with Crippen molar-refractivity contribution in [3.8, 4) is 11.3 Å². The molecule has 0 aliphatic heterocycles. The molecule has 0 unspecified atom stereocenters. The molecular weight excluding hydrogens is 331 g/mol. The van der Waals surface area contributed by atoms with Crippen LogP contribution in [0.1, 0.15) is 16.1 Å². The summed E-state index contributed by atoms with van der Waals surface area (Å²) in [5.41, 5.74) is 3.69. The summed E-state index contributed by atoms with van der Waals surface area (Å²) in [6.45, 7) is 1.92. The van der Waals surface area contributed by atoms with E-state index in [2.05, 4.69) is 15.3 Å². The van der Waals surface area contributed by atoms with Gasteiger partial charge < -0.3 is 5.32 Å². The maximum atomic E-state index is 12.9. The molecule has 4 aromatic rings. The number of rotatable bonds is 3. The summed E-state index contributed by atoms with van der Waals surface area (Å²) in [5.74, 6) is -0.0121. The predicted molar refractivity (Wildman–Crippen MR) is 97.5 cm³/mol. The quantitative estimate of drug-likeness (QED) is 0.608. The van der Waals surface area contributed by atoms with E-state index in [0.717, 1.165) is 17.0 Å². The Morgan fingerprint density at radius 3 is 2.46 bits per heavy atom. The third-order valence-corrected chi connectivity index (χ3v) is 4.01. The van der Waals surface area contributed by atoms with Crippen molar-refractivity contribution in [1.29, 1.82) is 0 Å². The van der Waals surface area contributed by atoms with Crippen LogP contribution in [-0.2, 0) is 0 Å². The van der Waals surface area contributed by atoms with Gasteiger partial charge in [0.2, 0.25) is 5.78 Å². The van der Waals surface area contributed by atoms with Crippen LogP contribution in [0.3, 0.4) is 0 Å². The fraction of sp³-hybridized carbons (Fsp3) is 0.0500. The zero-order valence-electron chi connectivity index (χ0n) is 14.0. The molecule has 0 radical (unpaired) electrons. The average Bonchev–Trinajstić information content (AvgIpc) is 3.06. The zero-order valence-corrected chi connectivity index (χ0v) is 14.0. The highest BCUT2D eigenvalue weighted by Gasteiger charge is 2.08. The van der Waals surface area contributed by atoms with E-state index in [1.165, 1.54) is 24.3 Å². The number of aryl methyl sites for hydroxylation is 1. The lowest BCUT2D eigenvalue weighted by atomic mass is 10.1. The van der Waals surface area contributed by atoms with Crippen LogP contribution in [0, 0.1) is 12.7 Å². The van der Waals surface area contributed by atoms with E-state index in [0.29, 0.717) is 17.0 Å². The van der Waals surface area contributed by atoms with E-state index in [1.807, 2.05) is 41.9 Å². The normalized spacial score (nSPS) is 10.8. The lowest BCUT2D eigenvalue weighted by Gasteiger charge is -2.06. The molecule has 0 spiro atoms. The number of fused-ring (bicyclic) bond motifs is 1. The van der Waals surface area contributed by atoms with Crippen LogP contribution in [-0.4, -0.2) is 20.3 Å². The molecule has 0 aliphatic rings. The molecule has 0 bridgehead atoms. The van der Waals surface area contributed by atoms with Crippen LogP contribution in [0.4, 0.5) is 10.1 Å². The van der Waals surface area contributed by atoms with Gasteiger partial charge in [0.25, 0.3) is 5.91 Å². The van der Waals surface area contributed by atoms with Crippen molar-refractivity contribution in [2.75, 3.05) is 5.32 Å². The minimum atomic E-state index is -0.372. The molecule has 6 heteroatoms. The Bertz CT molecular complexity index is 1090. The van der Waals surface area contributed by atoms with Gasteiger partial charge in [-0.05, 0) is 49.4 Å². The number of aromatic nitrogens is 3. The molecular formula is C20H15FN4O. The highest BCUT2D eigenvalue weighted by Crippen LogP contribution is 2.21. The van der Waals surface area contributed by atoms with Gasteiger partial charge in [0.05, 0.1) is 5.69 Å². The molecule has 5 nitrogen and oxygen atoms in total. The Balaban J connectivity index is 1.54. The summed E-state index contributed by atoms with van der Waals surface area (Å²) in [5, 5.41) is 2.79. The van der Waals surface area contributed by atoms with Crippen molar-refractivity contribution >= 4 is 17.4 Å². The predicted octanol–water partition coefficient (Wildman–Crippen LogP) is 4.10. The smallest absolute Gasteiger partial charge is 0.255 e. The van der Waals surface area contributed by atoms with Crippen molar-refractivity contribution in [3.63, 3.8) is 0 Å². The summed E-state index contributed by atoms with van der Waals surface area (Å²) in [6, 6.07) is 14.7. The lowest BCUT2D eigenvalue weighted by Crippen LogP contribution is -2.11. The molecule has 0 atom stereocenters. The van der Waals surface area contributed by atoms with Crippen LogP contribution in [0.15, 0.2) is 67.0 Å². The fourth-order valence-electron chi connectivity index (χ4n) is 2.63. The van der Waals surface area contributed by atoms with Gasteiger partial charge >= 0.3 is 0 Å². The molecule has 4 rings (SSSR count). The molecule has 2 heterocycles. The van der Waals surface area contributed by atoms with Gasteiger partial charge in [0, 0.05) is 34.9 Å². The average molecular weight is 346 g/mol. The lowest BCUT2D eigenvalue weighted by molar-refractivity contribution is 0.102. The molecule has 0 aliphatic carbocycles. The third-order valence-electron chi connectivity index (χ3n) is 4.01. The summed E-state index contributed by atoms with van der Waals surface area (Å²) in [4.78, 5) is 21.1. The summed E-state index contributed by atoms with van der Waals surface area (Å²) < 4.78 is 14.8. The van der Waals surface area contributed by atoms with E-state index in [-0.39, 0.29) is 11.7 Å². The minimum Gasteiger partial charge on any atom is -0.322 e. The summed E-state index contributed by atoms with van der Waals surface area (Å²) >= 11 is 0. The van der Waals surface area contributed by atoms with Gasteiger partial charge in [-0.1, -0.05) is 12.1 Å². The number of nitrogens with one attached hydrogen (secondary N) is 1. The number of imidazole rings is 1. The van der Waals surface area contributed by atoms with Crippen molar-refractivity contribution in [2.24, 2.45) is 0 Å². The van der Waals surface area contributed by atoms with Crippen LogP contribution in [0.25, 0.3) is 17.0 Å². The fourth-order valence-corrected chi connectivity index (χ4v) is 2.63. The van der Waals surface area contributed by atoms with Gasteiger partial charge in [-0.3, -0.25) is 9.20 Å². The summed E-state index contributed by atoms with van der Waals surface area (Å²) in [6.07, 6.45) is 3.83. The SMILES string of the molecule is Cc1ccn2cc(-c3ccc(NC(=O)c4ccc(F)cc4)cc3)nc2n1. The standard InChI is InChI=1S/C20H15FN4O/c1-13-10-11-25-12-18(24-20(25)22-13)14-4-8-17(9-5-14)23-19(26)15-2-6-16(21)7-3-15/h2-12H,1H3,(H,23,26). The zero-order chi connectivity index (χ0) is 18.1. The number of benzene rings is 2. The van der Waals surface area contributed by atoms with Gasteiger partial charge in [0.15, 0.2) is 0 Å². The molecule has 2 aromatic heterocycles. The Morgan fingerprint density at radius 1 is 1.00 bits per heavy atom. The number of hydrogen-bond acceptors (Lipinski definition) is 3. The first-order valence-electron chi connectivity index (χ1n) is 8.08. The summed E-state index contributed by atoms with van der Waals surface area (Å²) in [7, 11) is 0. The van der Waals surface area contributed by atoms with E-state index in [1.54, 1.807) is 12.1 Å². The van der Waals surface area contributed by atoms with Crippen LogP contribution in [0.5, 0.6) is 0 Å². The van der Waals surface area contributed by atoms with Crippen molar-refractivity contribution in [1.82, 2.24) is 14.4 Å². The van der Waals surface area contributed by atoms with Crippen molar-refractivity contribution in [2.45, 2.75) is 6.92 Å². The second-order valence-electron chi connectivity index (χ2n) is 5.94. The monoisotopic (exact) mass is 346 g/mol. The molecule has 1 amide bonds. The molecule has 0 fully saturated rings. The Labute approximate surface area is 149 Å². The first-order valence-corrected chi connectivity index (χ1v) is 8.08. The topological polar surface area (TPSA) is 59.3 Å². The number of nitrogens with zero attached hydrogens (tertiary/aromatic N) is 3. The van der Waals surface area contributed by atoms with Crippen LogP contribution in [0.2, 0.25) is 0 Å². The Kier molecular flexibility index (Phi) is 3.93. The van der Waals surface area contributed by atoms with Gasteiger partial charge in [-0.15, -0.1) is 0 Å². The number of hydrogen-bond donors (Lipinski definition) is 1. The number of halogens is 1. The molecule has 0 saturated heterocycles. The number of amides is 1. The molecule has 1 N–H and O–H groups in total. The van der Waals surface area contributed by atoms with Gasteiger partial charge in [-0.2, -0.15) is 0 Å². The highest BCUT2D eigenvalue weighted by atomic mass is 19.1. The molecule has 128 valence electrons. The van der Waals surface area contributed by atoms with Gasteiger partial charge in [-0.25, -0.2) is 14.4 Å².